The van der Waals surface area contributed by atoms with Crippen LogP contribution in [0.3, 0.4) is 0 Å². The molecule has 0 aliphatic rings. The molecule has 29 heavy (non-hydrogen) atoms. The Kier molecular flexibility index (Phi) is 8.03. The van der Waals surface area contributed by atoms with E-state index in [4.69, 9.17) is 15.2 Å². The lowest BCUT2D eigenvalue weighted by Crippen LogP contribution is -2.91. The topological polar surface area (TPSA) is 107 Å². The molecule has 7 heteroatoms. The number of hydrogen-bond donors (Lipinski definition) is 3. The monoisotopic (exact) mass is 400 g/mol. The number of primary amides is 1. The molecule has 0 radical (unpaired) electrons. The Morgan fingerprint density at radius 2 is 1.62 bits per heavy atom. The summed E-state index contributed by atoms with van der Waals surface area (Å²) < 4.78 is 11.3. The van der Waals surface area contributed by atoms with E-state index in [2.05, 4.69) is 5.32 Å². The fourth-order valence-corrected chi connectivity index (χ4v) is 2.96. The van der Waals surface area contributed by atoms with E-state index in [1.165, 1.54) is 0 Å². The number of ether oxygens (including phenoxy) is 2. The minimum Gasteiger partial charge on any atom is -0.490 e. The van der Waals surface area contributed by atoms with Gasteiger partial charge >= 0.3 is 0 Å². The lowest BCUT2D eigenvalue weighted by molar-refractivity contribution is -0.709. The Morgan fingerprint density at radius 1 is 1.00 bits per heavy atom. The Balaban J connectivity index is 2.01. The van der Waals surface area contributed by atoms with Gasteiger partial charge < -0.3 is 25.8 Å². The van der Waals surface area contributed by atoms with Crippen molar-refractivity contribution in [2.45, 2.75) is 39.8 Å². The van der Waals surface area contributed by atoms with Gasteiger partial charge in [0.25, 0.3) is 5.91 Å². The summed E-state index contributed by atoms with van der Waals surface area (Å²) in [6.07, 6.45) is 0. The second kappa shape index (κ2) is 10.5. The van der Waals surface area contributed by atoms with Gasteiger partial charge in [-0.3, -0.25) is 9.59 Å². The molecule has 0 spiro atoms. The average molecular weight is 400 g/mol. The van der Waals surface area contributed by atoms with Crippen molar-refractivity contribution in [2.75, 3.05) is 18.5 Å². The van der Waals surface area contributed by atoms with E-state index in [-0.39, 0.29) is 18.0 Å². The van der Waals surface area contributed by atoms with Crippen molar-refractivity contribution in [1.82, 2.24) is 0 Å². The number of anilines is 1. The number of carbonyl (C=O) groups is 2. The molecule has 0 aromatic heterocycles. The predicted octanol–water partition coefficient (Wildman–Crippen LogP) is 2.23. The van der Waals surface area contributed by atoms with Gasteiger partial charge in [0.1, 0.15) is 6.04 Å². The first-order valence-electron chi connectivity index (χ1n) is 9.80. The molecule has 0 aliphatic carbocycles. The Labute approximate surface area is 171 Å². The van der Waals surface area contributed by atoms with Gasteiger partial charge in [0, 0.05) is 16.8 Å². The highest BCUT2D eigenvalue weighted by atomic mass is 16.5. The summed E-state index contributed by atoms with van der Waals surface area (Å²) in [5.41, 5.74) is 7.29. The Hall–Kier alpha value is -3.06. The molecule has 2 aromatic carbocycles. The van der Waals surface area contributed by atoms with Gasteiger partial charge in [0.15, 0.2) is 17.5 Å². The molecule has 2 aromatic rings. The zero-order chi connectivity index (χ0) is 21.4. The van der Waals surface area contributed by atoms with Crippen LogP contribution in [0, 0.1) is 0 Å². The summed E-state index contributed by atoms with van der Waals surface area (Å²) >= 11 is 0. The lowest BCUT2D eigenvalue weighted by Gasteiger charge is -2.18. The molecule has 2 rings (SSSR count). The number of hydrogen-bond acceptors (Lipinski definition) is 4. The van der Waals surface area contributed by atoms with Crippen molar-refractivity contribution in [3.05, 3.63) is 53.6 Å². The van der Waals surface area contributed by atoms with Crippen molar-refractivity contribution >= 4 is 17.5 Å². The quantitative estimate of drug-likeness (QED) is 0.568. The number of benzene rings is 2. The highest BCUT2D eigenvalue weighted by Gasteiger charge is 2.21. The van der Waals surface area contributed by atoms with E-state index >= 15 is 0 Å². The molecule has 2 atom stereocenters. The number of quaternary nitrogens is 1. The van der Waals surface area contributed by atoms with Crippen LogP contribution >= 0.6 is 0 Å². The van der Waals surface area contributed by atoms with Crippen LogP contribution in [-0.2, 0) is 4.79 Å². The zero-order valence-corrected chi connectivity index (χ0v) is 17.4. The minimum absolute atomic E-state index is 0.0443. The molecular formula is C22H30N3O4+. The largest absolute Gasteiger partial charge is 0.490 e. The molecule has 0 aliphatic heterocycles. The first kappa shape index (κ1) is 22.2. The molecular weight excluding hydrogens is 370 g/mol. The maximum Gasteiger partial charge on any atom is 0.282 e. The van der Waals surface area contributed by atoms with E-state index < -0.39 is 5.91 Å². The second-order valence-corrected chi connectivity index (χ2v) is 6.77. The number of rotatable bonds is 10. The molecule has 5 N–H and O–H groups in total. The second-order valence-electron chi connectivity index (χ2n) is 6.77. The highest BCUT2D eigenvalue weighted by Crippen LogP contribution is 2.30. The van der Waals surface area contributed by atoms with Gasteiger partial charge in [-0.25, -0.2) is 0 Å². The fourth-order valence-electron chi connectivity index (χ4n) is 2.96. The van der Waals surface area contributed by atoms with Crippen LogP contribution in [0.1, 0.15) is 49.7 Å². The van der Waals surface area contributed by atoms with Crippen molar-refractivity contribution < 1.29 is 24.4 Å². The molecule has 0 fully saturated rings. The zero-order valence-electron chi connectivity index (χ0n) is 17.4. The number of nitrogens with one attached hydrogen (secondary N) is 1. The Bertz CT molecular complexity index is 836. The summed E-state index contributed by atoms with van der Waals surface area (Å²) in [7, 11) is 0. The molecule has 0 saturated heterocycles. The van der Waals surface area contributed by atoms with E-state index in [9.17, 15) is 9.59 Å². The lowest BCUT2D eigenvalue weighted by atomic mass is 10.1. The standard InChI is InChI=1S/C22H29N3O4/c1-5-28-19-12-9-17(13-20(19)29-6-2)14(3)24-15(4)22(27)25-18-10-7-16(8-11-18)21(23)26/h7-15,24H,5-6H2,1-4H3,(H2,23,26)(H,25,27)/p+1/t14-,15+/m0/s1. The SMILES string of the molecule is CCOc1ccc([C@H](C)[NH2+][C@H](C)C(=O)Nc2ccc(C(N)=O)cc2)cc1OCC. The van der Waals surface area contributed by atoms with Crippen LogP contribution in [0.4, 0.5) is 5.69 Å². The summed E-state index contributed by atoms with van der Waals surface area (Å²) in [5, 5.41) is 4.84. The molecule has 156 valence electrons. The van der Waals surface area contributed by atoms with Crippen molar-refractivity contribution in [3.63, 3.8) is 0 Å². The van der Waals surface area contributed by atoms with Crippen molar-refractivity contribution in [1.29, 1.82) is 0 Å². The third-order valence-electron chi connectivity index (χ3n) is 4.52. The van der Waals surface area contributed by atoms with Gasteiger partial charge in [-0.15, -0.1) is 0 Å². The number of amides is 2. The molecule has 0 heterocycles. The Morgan fingerprint density at radius 3 is 2.21 bits per heavy atom. The number of carbonyl (C=O) groups excluding carboxylic acids is 2. The summed E-state index contributed by atoms with van der Waals surface area (Å²) in [5.74, 6) is 0.800. The summed E-state index contributed by atoms with van der Waals surface area (Å²) in [6.45, 7) is 8.87. The van der Waals surface area contributed by atoms with E-state index in [1.807, 2.05) is 51.2 Å². The molecule has 0 saturated carbocycles. The molecule has 7 nitrogen and oxygen atoms in total. The van der Waals surface area contributed by atoms with Crippen molar-refractivity contribution in [3.8, 4) is 11.5 Å². The van der Waals surface area contributed by atoms with E-state index in [1.54, 1.807) is 24.3 Å². The minimum atomic E-state index is -0.500. The summed E-state index contributed by atoms with van der Waals surface area (Å²) in [6, 6.07) is 12.1. The van der Waals surface area contributed by atoms with E-state index in [0.717, 1.165) is 11.3 Å². The molecule has 0 bridgehead atoms. The predicted molar refractivity (Wildman–Crippen MR) is 112 cm³/mol. The van der Waals surface area contributed by atoms with Crippen LogP contribution in [0.25, 0.3) is 0 Å². The van der Waals surface area contributed by atoms with Gasteiger partial charge in [-0.2, -0.15) is 0 Å². The van der Waals surface area contributed by atoms with Gasteiger partial charge in [-0.1, -0.05) is 0 Å². The van der Waals surface area contributed by atoms with E-state index in [0.29, 0.717) is 30.2 Å². The normalized spacial score (nSPS) is 12.7. The highest BCUT2D eigenvalue weighted by molar-refractivity contribution is 5.95. The van der Waals surface area contributed by atoms with Crippen LogP contribution in [0.15, 0.2) is 42.5 Å². The average Bonchev–Trinajstić information content (AvgIpc) is 2.69. The molecule has 0 unspecified atom stereocenters. The maximum atomic E-state index is 12.5. The summed E-state index contributed by atoms with van der Waals surface area (Å²) in [4.78, 5) is 23.7. The molecule has 2 amide bonds. The van der Waals surface area contributed by atoms with Crippen LogP contribution in [0.5, 0.6) is 11.5 Å². The number of nitrogens with two attached hydrogens (primary N) is 2. The van der Waals surface area contributed by atoms with Crippen LogP contribution in [0.2, 0.25) is 0 Å². The van der Waals surface area contributed by atoms with Gasteiger partial charge in [-0.05, 0) is 70.2 Å². The van der Waals surface area contributed by atoms with Gasteiger partial charge in [0.05, 0.1) is 13.2 Å². The smallest absolute Gasteiger partial charge is 0.282 e. The third-order valence-corrected chi connectivity index (χ3v) is 4.52. The maximum absolute atomic E-state index is 12.5. The van der Waals surface area contributed by atoms with Gasteiger partial charge in [0.2, 0.25) is 5.91 Å². The fraction of sp³-hybridized carbons (Fsp3) is 0.364. The van der Waals surface area contributed by atoms with Crippen LogP contribution < -0.4 is 25.8 Å². The third kappa shape index (κ3) is 6.22. The van der Waals surface area contributed by atoms with Crippen LogP contribution in [-0.4, -0.2) is 31.1 Å². The first-order chi connectivity index (χ1) is 13.8. The first-order valence-corrected chi connectivity index (χ1v) is 9.80. The van der Waals surface area contributed by atoms with Crippen molar-refractivity contribution in [2.24, 2.45) is 5.73 Å².